The van der Waals surface area contributed by atoms with Gasteiger partial charge >= 0.3 is 0 Å². The molecule has 2 aromatic carbocycles. The van der Waals surface area contributed by atoms with Crippen LogP contribution in [0.3, 0.4) is 0 Å². The summed E-state index contributed by atoms with van der Waals surface area (Å²) in [5.41, 5.74) is 2.35. The number of hydrogen-bond acceptors (Lipinski definition) is 3. The number of nitrogens with zero attached hydrogens (tertiary/aromatic N) is 3. The Hall–Kier alpha value is -3.14. The Balaban J connectivity index is 1.48. The maximum Gasteiger partial charge on any atom is 0.231 e. The third-order valence-electron chi connectivity index (χ3n) is 5.34. The summed E-state index contributed by atoms with van der Waals surface area (Å²) in [6.07, 6.45) is 3.48. The zero-order valence-corrected chi connectivity index (χ0v) is 15.9. The Morgan fingerprint density at radius 3 is 2.18 bits per heavy atom. The van der Waals surface area contributed by atoms with Crippen LogP contribution in [0.5, 0.6) is 0 Å². The average Bonchev–Trinajstić information content (AvgIpc) is 2.79. The Morgan fingerprint density at radius 1 is 0.893 bits per heavy atom. The fourth-order valence-electron chi connectivity index (χ4n) is 3.80. The maximum atomic E-state index is 13.4. The monoisotopic (exact) mass is 371 g/mol. The van der Waals surface area contributed by atoms with E-state index in [4.69, 9.17) is 0 Å². The number of anilines is 2. The molecular weight excluding hydrogens is 346 g/mol. The van der Waals surface area contributed by atoms with Crippen molar-refractivity contribution in [3.8, 4) is 0 Å². The van der Waals surface area contributed by atoms with Gasteiger partial charge in [-0.2, -0.15) is 0 Å². The minimum absolute atomic E-state index is 0.0330. The summed E-state index contributed by atoms with van der Waals surface area (Å²) in [5, 5.41) is 0. The zero-order valence-electron chi connectivity index (χ0n) is 15.9. The van der Waals surface area contributed by atoms with E-state index in [9.17, 15) is 4.79 Å². The van der Waals surface area contributed by atoms with E-state index in [1.807, 2.05) is 47.4 Å². The van der Waals surface area contributed by atoms with E-state index in [1.165, 1.54) is 5.69 Å². The number of benzene rings is 2. The van der Waals surface area contributed by atoms with Crippen molar-refractivity contribution < 1.29 is 4.79 Å². The molecule has 1 aliphatic heterocycles. The lowest BCUT2D eigenvalue weighted by molar-refractivity contribution is -0.123. The van der Waals surface area contributed by atoms with Crippen LogP contribution in [0.1, 0.15) is 18.4 Å². The second-order valence-electron chi connectivity index (χ2n) is 7.19. The molecule has 28 heavy (non-hydrogen) atoms. The molecule has 0 unspecified atom stereocenters. The van der Waals surface area contributed by atoms with Crippen molar-refractivity contribution in [3.63, 3.8) is 0 Å². The van der Waals surface area contributed by atoms with Gasteiger partial charge in [0, 0.05) is 30.9 Å². The summed E-state index contributed by atoms with van der Waals surface area (Å²) in [7, 11) is 0. The molecular formula is C24H25N3O. The molecule has 2 heterocycles. The molecule has 0 spiro atoms. The lowest BCUT2D eigenvalue weighted by atomic mass is 9.94. The van der Waals surface area contributed by atoms with Crippen molar-refractivity contribution in [2.24, 2.45) is 5.92 Å². The minimum atomic E-state index is 0.0330. The molecule has 1 saturated heterocycles. The number of aromatic nitrogens is 1. The Morgan fingerprint density at radius 2 is 1.54 bits per heavy atom. The highest BCUT2D eigenvalue weighted by Crippen LogP contribution is 2.26. The first kappa shape index (κ1) is 18.2. The molecule has 4 rings (SSSR count). The van der Waals surface area contributed by atoms with Crippen molar-refractivity contribution in [2.45, 2.75) is 19.4 Å². The van der Waals surface area contributed by atoms with Crippen molar-refractivity contribution in [2.75, 3.05) is 22.9 Å². The molecule has 0 aliphatic carbocycles. The number of piperidine rings is 1. The summed E-state index contributed by atoms with van der Waals surface area (Å²) < 4.78 is 0. The SMILES string of the molecule is O=C(C1CCN(c2ccccc2)CC1)N(Cc1ccccc1)c1ccccn1. The largest absolute Gasteiger partial charge is 0.371 e. The molecule has 0 saturated carbocycles. The van der Waals surface area contributed by atoms with Gasteiger partial charge in [0.2, 0.25) is 5.91 Å². The van der Waals surface area contributed by atoms with Crippen molar-refractivity contribution in [1.82, 2.24) is 4.98 Å². The molecule has 4 heteroatoms. The van der Waals surface area contributed by atoms with E-state index in [0.717, 1.165) is 37.3 Å². The molecule has 0 N–H and O–H groups in total. The Kier molecular flexibility index (Phi) is 5.66. The smallest absolute Gasteiger partial charge is 0.231 e. The van der Waals surface area contributed by atoms with Gasteiger partial charge in [0.25, 0.3) is 0 Å². The number of hydrogen-bond donors (Lipinski definition) is 0. The summed E-state index contributed by atoms with van der Waals surface area (Å²) in [6, 6.07) is 26.3. The first-order valence-corrected chi connectivity index (χ1v) is 9.87. The molecule has 1 aromatic heterocycles. The van der Waals surface area contributed by atoms with Crippen LogP contribution in [0.15, 0.2) is 85.1 Å². The van der Waals surface area contributed by atoms with Gasteiger partial charge in [-0.3, -0.25) is 9.69 Å². The molecule has 0 atom stereocenters. The van der Waals surface area contributed by atoms with Gasteiger partial charge in [0.05, 0.1) is 6.54 Å². The van der Waals surface area contributed by atoms with E-state index >= 15 is 0 Å². The van der Waals surface area contributed by atoms with Crippen LogP contribution < -0.4 is 9.80 Å². The second-order valence-corrected chi connectivity index (χ2v) is 7.19. The topological polar surface area (TPSA) is 36.4 Å². The molecule has 4 nitrogen and oxygen atoms in total. The average molecular weight is 371 g/mol. The second kappa shape index (κ2) is 8.70. The van der Waals surface area contributed by atoms with Gasteiger partial charge < -0.3 is 4.90 Å². The van der Waals surface area contributed by atoms with Crippen LogP contribution in [0.25, 0.3) is 0 Å². The fraction of sp³-hybridized carbons (Fsp3) is 0.250. The van der Waals surface area contributed by atoms with E-state index in [-0.39, 0.29) is 11.8 Å². The highest BCUT2D eigenvalue weighted by Gasteiger charge is 2.30. The molecule has 3 aromatic rings. The maximum absolute atomic E-state index is 13.4. The zero-order chi connectivity index (χ0) is 19.2. The minimum Gasteiger partial charge on any atom is -0.371 e. The van der Waals surface area contributed by atoms with E-state index in [1.54, 1.807) is 6.20 Å². The van der Waals surface area contributed by atoms with Gasteiger partial charge in [-0.05, 0) is 42.7 Å². The predicted molar refractivity (Wildman–Crippen MR) is 113 cm³/mol. The van der Waals surface area contributed by atoms with Crippen LogP contribution in [-0.4, -0.2) is 24.0 Å². The molecule has 1 aliphatic rings. The Bertz CT molecular complexity index is 875. The summed E-state index contributed by atoms with van der Waals surface area (Å²) in [6.45, 7) is 2.36. The normalized spacial score (nSPS) is 14.6. The molecule has 142 valence electrons. The standard InChI is InChI=1S/C24H25N3O/c28-24(21-14-17-26(18-15-21)22-11-5-2-6-12-22)27(23-13-7-8-16-25-23)19-20-9-3-1-4-10-20/h1-13,16,21H,14-15,17-19H2. The quantitative estimate of drug-likeness (QED) is 0.661. The van der Waals surface area contributed by atoms with Gasteiger partial charge in [-0.1, -0.05) is 54.6 Å². The molecule has 0 bridgehead atoms. The van der Waals surface area contributed by atoms with E-state index in [2.05, 4.69) is 46.3 Å². The highest BCUT2D eigenvalue weighted by atomic mass is 16.2. The third kappa shape index (κ3) is 4.22. The van der Waals surface area contributed by atoms with E-state index in [0.29, 0.717) is 6.54 Å². The van der Waals surface area contributed by atoms with Crippen molar-refractivity contribution in [1.29, 1.82) is 0 Å². The first-order chi connectivity index (χ1) is 13.8. The van der Waals surface area contributed by atoms with Crippen LogP contribution in [0.4, 0.5) is 11.5 Å². The number of pyridine rings is 1. The summed E-state index contributed by atoms with van der Waals surface area (Å²) in [5.74, 6) is 0.933. The molecule has 0 radical (unpaired) electrons. The number of carbonyl (C=O) groups is 1. The van der Waals surface area contributed by atoms with Gasteiger partial charge in [0.15, 0.2) is 0 Å². The van der Waals surface area contributed by atoms with Crippen molar-refractivity contribution >= 4 is 17.4 Å². The van der Waals surface area contributed by atoms with Crippen LogP contribution >= 0.6 is 0 Å². The lowest BCUT2D eigenvalue weighted by Gasteiger charge is -2.35. The predicted octanol–water partition coefficient (Wildman–Crippen LogP) is 4.53. The third-order valence-corrected chi connectivity index (χ3v) is 5.34. The number of carbonyl (C=O) groups excluding carboxylic acids is 1. The summed E-state index contributed by atoms with van der Waals surface area (Å²) >= 11 is 0. The van der Waals surface area contributed by atoms with Gasteiger partial charge in [-0.15, -0.1) is 0 Å². The van der Waals surface area contributed by atoms with Gasteiger partial charge in [0.1, 0.15) is 5.82 Å². The molecule has 1 amide bonds. The van der Waals surface area contributed by atoms with Crippen LogP contribution in [0, 0.1) is 5.92 Å². The first-order valence-electron chi connectivity index (χ1n) is 9.87. The van der Waals surface area contributed by atoms with Crippen LogP contribution in [0.2, 0.25) is 0 Å². The number of para-hydroxylation sites is 1. The number of rotatable bonds is 5. The summed E-state index contributed by atoms with van der Waals surface area (Å²) in [4.78, 5) is 22.1. The van der Waals surface area contributed by atoms with Gasteiger partial charge in [-0.25, -0.2) is 4.98 Å². The lowest BCUT2D eigenvalue weighted by Crippen LogP contribution is -2.42. The Labute approximate surface area is 166 Å². The fourth-order valence-corrected chi connectivity index (χ4v) is 3.80. The van der Waals surface area contributed by atoms with E-state index < -0.39 is 0 Å². The highest BCUT2D eigenvalue weighted by molar-refractivity contribution is 5.94. The van der Waals surface area contributed by atoms with Crippen molar-refractivity contribution in [3.05, 3.63) is 90.6 Å². The van der Waals surface area contributed by atoms with Crippen LogP contribution in [-0.2, 0) is 11.3 Å². The molecule has 1 fully saturated rings. The number of amides is 1.